The molecule has 0 saturated carbocycles. The standard InChI is InChI=1S/C8H17NO4/c1-4-5(9-2)6(10)7(11)8(12-3)13-4/h4-11H,1-3H3/t4-,5+,6+,7-,8+/m1/s1. The minimum absolute atomic E-state index is 0.187. The topological polar surface area (TPSA) is 71.0 Å². The molecule has 1 rings (SSSR count). The molecule has 0 bridgehead atoms. The Morgan fingerprint density at radius 3 is 2.38 bits per heavy atom. The normalized spacial score (nSPS) is 46.4. The Labute approximate surface area is 77.7 Å². The maximum atomic E-state index is 9.64. The molecule has 0 aliphatic carbocycles. The first-order valence-corrected chi connectivity index (χ1v) is 4.33. The van der Waals surface area contributed by atoms with Gasteiger partial charge in [-0.2, -0.15) is 0 Å². The van der Waals surface area contributed by atoms with E-state index < -0.39 is 18.5 Å². The summed E-state index contributed by atoms with van der Waals surface area (Å²) in [5, 5.41) is 22.0. The first kappa shape index (κ1) is 10.9. The van der Waals surface area contributed by atoms with Gasteiger partial charge in [0.2, 0.25) is 0 Å². The van der Waals surface area contributed by atoms with Crippen LogP contribution >= 0.6 is 0 Å². The van der Waals surface area contributed by atoms with Gasteiger partial charge in [0.25, 0.3) is 0 Å². The third-order valence-corrected chi connectivity index (χ3v) is 2.42. The van der Waals surface area contributed by atoms with Crippen molar-refractivity contribution >= 4 is 0 Å². The lowest BCUT2D eigenvalue weighted by Gasteiger charge is -2.40. The van der Waals surface area contributed by atoms with Gasteiger partial charge in [0.1, 0.15) is 12.2 Å². The summed E-state index contributed by atoms with van der Waals surface area (Å²) in [7, 11) is 3.15. The third kappa shape index (κ3) is 2.00. The first-order chi connectivity index (χ1) is 6.11. The maximum absolute atomic E-state index is 9.64. The molecule has 13 heavy (non-hydrogen) atoms. The lowest BCUT2D eigenvalue weighted by atomic mass is 9.97. The Kier molecular flexibility index (Phi) is 3.63. The molecule has 0 spiro atoms. The van der Waals surface area contributed by atoms with E-state index in [1.165, 1.54) is 7.11 Å². The Morgan fingerprint density at radius 1 is 1.31 bits per heavy atom. The van der Waals surface area contributed by atoms with Crippen LogP contribution < -0.4 is 5.32 Å². The van der Waals surface area contributed by atoms with E-state index >= 15 is 0 Å². The van der Waals surface area contributed by atoms with Crippen LogP contribution in [0.1, 0.15) is 6.92 Å². The molecule has 0 aromatic carbocycles. The minimum atomic E-state index is -1.00. The second kappa shape index (κ2) is 4.34. The zero-order chi connectivity index (χ0) is 10.0. The maximum Gasteiger partial charge on any atom is 0.186 e. The molecule has 1 fully saturated rings. The zero-order valence-corrected chi connectivity index (χ0v) is 8.10. The summed E-state index contributed by atoms with van der Waals surface area (Å²) in [6, 6.07) is -0.263. The van der Waals surface area contributed by atoms with Gasteiger partial charge in [0.15, 0.2) is 6.29 Å². The molecule has 0 unspecified atom stereocenters. The summed E-state index contributed by atoms with van der Waals surface area (Å²) in [5.41, 5.74) is 0. The van der Waals surface area contributed by atoms with Crippen molar-refractivity contribution in [3.63, 3.8) is 0 Å². The highest BCUT2D eigenvalue weighted by atomic mass is 16.7. The van der Waals surface area contributed by atoms with Crippen LogP contribution in [-0.4, -0.2) is 55.0 Å². The molecule has 0 radical (unpaired) electrons. The fourth-order valence-corrected chi connectivity index (χ4v) is 1.63. The molecular weight excluding hydrogens is 174 g/mol. The number of hydrogen-bond donors (Lipinski definition) is 3. The van der Waals surface area contributed by atoms with E-state index in [0.29, 0.717) is 0 Å². The highest BCUT2D eigenvalue weighted by Gasteiger charge is 2.41. The summed E-state index contributed by atoms with van der Waals surface area (Å²) in [4.78, 5) is 0. The van der Waals surface area contributed by atoms with Crippen molar-refractivity contribution in [3.8, 4) is 0 Å². The van der Waals surface area contributed by atoms with Gasteiger partial charge >= 0.3 is 0 Å². The van der Waals surface area contributed by atoms with Crippen molar-refractivity contribution in [3.05, 3.63) is 0 Å². The highest BCUT2D eigenvalue weighted by molar-refractivity contribution is 4.91. The Hall–Kier alpha value is -0.200. The molecule has 1 heterocycles. The number of hydrogen-bond acceptors (Lipinski definition) is 5. The second-order valence-electron chi connectivity index (χ2n) is 3.24. The van der Waals surface area contributed by atoms with Gasteiger partial charge < -0.3 is 25.0 Å². The summed E-state index contributed by atoms with van der Waals surface area (Å²) in [6.07, 6.45) is -2.79. The Morgan fingerprint density at radius 2 is 1.92 bits per heavy atom. The number of ether oxygens (including phenoxy) is 2. The number of aliphatic hydroxyl groups excluding tert-OH is 2. The molecule has 78 valence electrons. The van der Waals surface area contributed by atoms with Crippen molar-refractivity contribution in [2.45, 2.75) is 37.6 Å². The molecule has 0 aromatic rings. The van der Waals surface area contributed by atoms with Crippen LogP contribution in [0.2, 0.25) is 0 Å². The molecular formula is C8H17NO4. The molecule has 5 heteroatoms. The summed E-state index contributed by atoms with van der Waals surface area (Å²) in [5.74, 6) is 0. The fraction of sp³-hybridized carbons (Fsp3) is 1.00. The van der Waals surface area contributed by atoms with Crippen LogP contribution in [0.4, 0.5) is 0 Å². The van der Waals surface area contributed by atoms with Gasteiger partial charge in [-0.15, -0.1) is 0 Å². The van der Waals surface area contributed by atoms with E-state index in [9.17, 15) is 10.2 Å². The molecule has 1 saturated heterocycles. The van der Waals surface area contributed by atoms with Gasteiger partial charge in [0.05, 0.1) is 12.1 Å². The minimum Gasteiger partial charge on any atom is -0.388 e. The SMILES string of the molecule is CN[C@@H]1[C@H](O)[C@@H](O)[C@@H](OC)O[C@@H]1C. The van der Waals surface area contributed by atoms with Crippen molar-refractivity contribution in [1.82, 2.24) is 5.32 Å². The molecule has 0 aromatic heterocycles. The van der Waals surface area contributed by atoms with Gasteiger partial charge in [0, 0.05) is 7.11 Å². The summed E-state index contributed by atoms with van der Waals surface area (Å²) >= 11 is 0. The average molecular weight is 191 g/mol. The second-order valence-corrected chi connectivity index (χ2v) is 3.24. The quantitative estimate of drug-likeness (QED) is 0.505. The number of aliphatic hydroxyl groups is 2. The molecule has 1 aliphatic heterocycles. The molecule has 5 nitrogen and oxygen atoms in total. The molecule has 3 N–H and O–H groups in total. The van der Waals surface area contributed by atoms with Gasteiger partial charge in [-0.05, 0) is 14.0 Å². The van der Waals surface area contributed by atoms with Crippen molar-refractivity contribution < 1.29 is 19.7 Å². The van der Waals surface area contributed by atoms with Crippen LogP contribution in [-0.2, 0) is 9.47 Å². The zero-order valence-electron chi connectivity index (χ0n) is 8.10. The van der Waals surface area contributed by atoms with E-state index in [1.807, 2.05) is 6.92 Å². The van der Waals surface area contributed by atoms with Crippen LogP contribution in [0.3, 0.4) is 0 Å². The van der Waals surface area contributed by atoms with Crippen molar-refractivity contribution in [2.24, 2.45) is 0 Å². The summed E-state index contributed by atoms with van der Waals surface area (Å²) < 4.78 is 10.2. The van der Waals surface area contributed by atoms with E-state index in [2.05, 4.69) is 5.32 Å². The highest BCUT2D eigenvalue weighted by Crippen LogP contribution is 2.20. The van der Waals surface area contributed by atoms with E-state index in [0.717, 1.165) is 0 Å². The van der Waals surface area contributed by atoms with Crippen LogP contribution in [0.5, 0.6) is 0 Å². The molecule has 5 atom stereocenters. The van der Waals surface area contributed by atoms with Crippen molar-refractivity contribution in [1.29, 1.82) is 0 Å². The summed E-state index contributed by atoms with van der Waals surface area (Å²) in [6.45, 7) is 1.82. The largest absolute Gasteiger partial charge is 0.388 e. The van der Waals surface area contributed by atoms with Crippen molar-refractivity contribution in [2.75, 3.05) is 14.2 Å². The van der Waals surface area contributed by atoms with E-state index in [-0.39, 0.29) is 12.1 Å². The lowest BCUT2D eigenvalue weighted by Crippen LogP contribution is -2.61. The van der Waals surface area contributed by atoms with Crippen LogP contribution in [0.15, 0.2) is 0 Å². The first-order valence-electron chi connectivity index (χ1n) is 4.33. The number of methoxy groups -OCH3 is 1. The Balaban J connectivity index is 2.66. The predicted molar refractivity (Wildman–Crippen MR) is 46.2 cm³/mol. The molecule has 0 amide bonds. The van der Waals surface area contributed by atoms with Crippen LogP contribution in [0.25, 0.3) is 0 Å². The monoisotopic (exact) mass is 191 g/mol. The van der Waals surface area contributed by atoms with Gasteiger partial charge in [-0.3, -0.25) is 0 Å². The molecule has 1 aliphatic rings. The number of nitrogens with one attached hydrogen (secondary N) is 1. The third-order valence-electron chi connectivity index (χ3n) is 2.42. The van der Waals surface area contributed by atoms with E-state index in [1.54, 1.807) is 7.05 Å². The average Bonchev–Trinajstić information content (AvgIpc) is 2.12. The van der Waals surface area contributed by atoms with Gasteiger partial charge in [-0.1, -0.05) is 0 Å². The Bertz CT molecular complexity index is 166. The lowest BCUT2D eigenvalue weighted by molar-refractivity contribution is -0.263. The fourth-order valence-electron chi connectivity index (χ4n) is 1.63. The van der Waals surface area contributed by atoms with Gasteiger partial charge in [-0.25, -0.2) is 0 Å². The number of rotatable bonds is 2. The van der Waals surface area contributed by atoms with Crippen LogP contribution in [0, 0.1) is 0 Å². The van der Waals surface area contributed by atoms with E-state index in [4.69, 9.17) is 9.47 Å². The smallest absolute Gasteiger partial charge is 0.186 e. The predicted octanol–water partition coefficient (Wildman–Crippen LogP) is -1.31. The number of likely N-dealkylation sites (N-methyl/N-ethyl adjacent to an activating group) is 1.